The van der Waals surface area contributed by atoms with E-state index in [2.05, 4.69) is 5.32 Å². The molecule has 0 saturated heterocycles. The van der Waals surface area contributed by atoms with E-state index in [0.29, 0.717) is 5.02 Å². The zero-order chi connectivity index (χ0) is 15.2. The van der Waals surface area contributed by atoms with Crippen molar-refractivity contribution in [2.75, 3.05) is 6.61 Å². The van der Waals surface area contributed by atoms with Crippen molar-refractivity contribution >= 4 is 29.6 Å². The molecule has 108 valence electrons. The lowest BCUT2D eigenvalue weighted by molar-refractivity contribution is -0.144. The topological polar surface area (TPSA) is 55.4 Å². The molecule has 1 rings (SSSR count). The highest BCUT2D eigenvalue weighted by Crippen LogP contribution is 2.10. The van der Waals surface area contributed by atoms with Gasteiger partial charge in [-0.15, -0.1) is 0 Å². The van der Waals surface area contributed by atoms with E-state index < -0.39 is 5.97 Å². The van der Waals surface area contributed by atoms with Gasteiger partial charge in [0.2, 0.25) is 0 Å². The Balaban J connectivity index is 2.40. The van der Waals surface area contributed by atoms with Crippen molar-refractivity contribution in [3.8, 4) is 0 Å². The Bertz CT molecular complexity index is 501. The van der Waals surface area contributed by atoms with Crippen molar-refractivity contribution in [2.45, 2.75) is 26.3 Å². The summed E-state index contributed by atoms with van der Waals surface area (Å²) < 4.78 is 4.83. The minimum absolute atomic E-state index is 0.291. The molecule has 0 heterocycles. The average molecular weight is 296 g/mol. The van der Waals surface area contributed by atoms with Crippen molar-refractivity contribution in [1.82, 2.24) is 5.32 Å². The summed E-state index contributed by atoms with van der Waals surface area (Å²) in [5.74, 6) is -0.894. The number of halogens is 1. The first kappa shape index (κ1) is 16.2. The molecule has 0 aliphatic rings. The molecule has 5 heteroatoms. The third-order valence-electron chi connectivity index (χ3n) is 2.14. The van der Waals surface area contributed by atoms with E-state index in [1.807, 2.05) is 20.8 Å². The number of benzene rings is 1. The molecule has 0 saturated carbocycles. The molecule has 0 spiro atoms. The molecule has 0 radical (unpaired) electrons. The normalized spacial score (nSPS) is 11.4. The van der Waals surface area contributed by atoms with Crippen LogP contribution in [0.1, 0.15) is 26.3 Å². The van der Waals surface area contributed by atoms with Gasteiger partial charge in [-0.3, -0.25) is 4.79 Å². The van der Waals surface area contributed by atoms with Gasteiger partial charge < -0.3 is 10.1 Å². The Kier molecular flexibility index (Phi) is 5.77. The van der Waals surface area contributed by atoms with Crippen LogP contribution < -0.4 is 5.32 Å². The lowest BCUT2D eigenvalue weighted by Crippen LogP contribution is -2.42. The molecule has 0 bridgehead atoms. The molecule has 1 amide bonds. The second-order valence-corrected chi connectivity index (χ2v) is 5.73. The van der Waals surface area contributed by atoms with Gasteiger partial charge in [-0.1, -0.05) is 23.7 Å². The predicted octanol–water partition coefficient (Wildman–Crippen LogP) is 2.81. The van der Waals surface area contributed by atoms with Crippen LogP contribution in [0.5, 0.6) is 0 Å². The summed E-state index contributed by atoms with van der Waals surface area (Å²) in [5.41, 5.74) is 0.480. The number of amides is 1. The first-order valence-corrected chi connectivity index (χ1v) is 6.55. The van der Waals surface area contributed by atoms with E-state index in [-0.39, 0.29) is 18.1 Å². The number of hydrogen-bond acceptors (Lipinski definition) is 3. The molecule has 0 fully saturated rings. The van der Waals surface area contributed by atoms with Crippen LogP contribution in [0.2, 0.25) is 5.02 Å². The van der Waals surface area contributed by atoms with Crippen LogP contribution in [0.25, 0.3) is 6.08 Å². The molecule has 20 heavy (non-hydrogen) atoms. The maximum atomic E-state index is 11.4. The average Bonchev–Trinajstić information content (AvgIpc) is 2.33. The second-order valence-electron chi connectivity index (χ2n) is 5.29. The quantitative estimate of drug-likeness (QED) is 0.686. The van der Waals surface area contributed by atoms with Crippen LogP contribution in [0.15, 0.2) is 30.3 Å². The number of carbonyl (C=O) groups is 2. The summed E-state index contributed by atoms with van der Waals surface area (Å²) >= 11 is 5.75. The van der Waals surface area contributed by atoms with E-state index in [1.165, 1.54) is 6.08 Å². The number of nitrogens with one attached hydrogen (secondary N) is 1. The molecule has 0 aliphatic heterocycles. The zero-order valence-electron chi connectivity index (χ0n) is 11.8. The van der Waals surface area contributed by atoms with Gasteiger partial charge >= 0.3 is 5.97 Å². The third kappa shape index (κ3) is 6.95. The van der Waals surface area contributed by atoms with Gasteiger partial charge in [0, 0.05) is 16.6 Å². The molecular formula is C15H18ClNO3. The lowest BCUT2D eigenvalue weighted by Gasteiger charge is -2.20. The smallest absolute Gasteiger partial charge is 0.331 e. The molecule has 1 aromatic carbocycles. The predicted molar refractivity (Wildman–Crippen MR) is 79.3 cm³/mol. The third-order valence-corrected chi connectivity index (χ3v) is 2.39. The number of hydrogen-bond donors (Lipinski definition) is 1. The fourth-order valence-electron chi connectivity index (χ4n) is 1.38. The summed E-state index contributed by atoms with van der Waals surface area (Å²) in [5, 5.41) is 3.33. The fraction of sp³-hybridized carbons (Fsp3) is 0.333. The number of carbonyl (C=O) groups excluding carboxylic acids is 2. The van der Waals surface area contributed by atoms with Crippen LogP contribution in [-0.2, 0) is 14.3 Å². The van der Waals surface area contributed by atoms with E-state index in [1.54, 1.807) is 30.3 Å². The molecule has 0 aromatic heterocycles. The molecule has 4 nitrogen and oxygen atoms in total. The SMILES string of the molecule is CC(C)(C)NC(=O)COC(=O)/C=C/c1ccc(Cl)cc1. The maximum Gasteiger partial charge on any atom is 0.331 e. The highest BCUT2D eigenvalue weighted by molar-refractivity contribution is 6.30. The minimum atomic E-state index is -0.566. The van der Waals surface area contributed by atoms with Gasteiger partial charge in [0.15, 0.2) is 6.61 Å². The minimum Gasteiger partial charge on any atom is -0.452 e. The summed E-state index contributed by atoms with van der Waals surface area (Å²) in [7, 11) is 0. The molecule has 1 N–H and O–H groups in total. The van der Waals surface area contributed by atoms with Crippen molar-refractivity contribution < 1.29 is 14.3 Å². The Hall–Kier alpha value is -1.81. The Morgan fingerprint density at radius 1 is 1.25 bits per heavy atom. The fourth-order valence-corrected chi connectivity index (χ4v) is 1.50. The van der Waals surface area contributed by atoms with Gasteiger partial charge in [0.25, 0.3) is 5.91 Å². The summed E-state index contributed by atoms with van der Waals surface area (Å²) in [6.45, 7) is 5.27. The van der Waals surface area contributed by atoms with Gasteiger partial charge in [-0.05, 0) is 44.5 Å². The Labute approximate surface area is 123 Å². The second kappa shape index (κ2) is 7.10. The molecular weight excluding hydrogens is 278 g/mol. The van der Waals surface area contributed by atoms with Gasteiger partial charge in [0.1, 0.15) is 0 Å². The van der Waals surface area contributed by atoms with Crippen LogP contribution in [0.3, 0.4) is 0 Å². The van der Waals surface area contributed by atoms with Crippen molar-refractivity contribution in [1.29, 1.82) is 0 Å². The largest absolute Gasteiger partial charge is 0.452 e. The van der Waals surface area contributed by atoms with Gasteiger partial charge in [0.05, 0.1) is 0 Å². The van der Waals surface area contributed by atoms with E-state index in [4.69, 9.17) is 16.3 Å². The summed E-state index contributed by atoms with van der Waals surface area (Å²) in [6, 6.07) is 7.00. The number of rotatable bonds is 4. The molecule has 0 aliphatic carbocycles. The van der Waals surface area contributed by atoms with Crippen molar-refractivity contribution in [2.24, 2.45) is 0 Å². The first-order valence-electron chi connectivity index (χ1n) is 6.18. The molecule has 0 unspecified atom stereocenters. The number of ether oxygens (including phenoxy) is 1. The van der Waals surface area contributed by atoms with Gasteiger partial charge in [-0.25, -0.2) is 4.79 Å². The van der Waals surface area contributed by atoms with Crippen LogP contribution in [-0.4, -0.2) is 24.0 Å². The van der Waals surface area contributed by atoms with Gasteiger partial charge in [-0.2, -0.15) is 0 Å². The van der Waals surface area contributed by atoms with Crippen molar-refractivity contribution in [3.05, 3.63) is 40.9 Å². The van der Waals surface area contributed by atoms with Crippen molar-refractivity contribution in [3.63, 3.8) is 0 Å². The zero-order valence-corrected chi connectivity index (χ0v) is 12.5. The maximum absolute atomic E-state index is 11.4. The van der Waals surface area contributed by atoms with E-state index >= 15 is 0 Å². The summed E-state index contributed by atoms with van der Waals surface area (Å²) in [4.78, 5) is 22.9. The molecule has 0 atom stereocenters. The van der Waals surface area contributed by atoms with Crippen LogP contribution in [0, 0.1) is 0 Å². The first-order chi connectivity index (χ1) is 9.26. The highest BCUT2D eigenvalue weighted by atomic mass is 35.5. The lowest BCUT2D eigenvalue weighted by atomic mass is 10.1. The number of esters is 1. The Morgan fingerprint density at radius 2 is 1.85 bits per heavy atom. The van der Waals surface area contributed by atoms with E-state index in [9.17, 15) is 9.59 Å². The molecule has 1 aromatic rings. The highest BCUT2D eigenvalue weighted by Gasteiger charge is 2.14. The standard InChI is InChI=1S/C15H18ClNO3/c1-15(2,3)17-13(18)10-20-14(19)9-6-11-4-7-12(16)8-5-11/h4-9H,10H2,1-3H3,(H,17,18)/b9-6+. The van der Waals surface area contributed by atoms with Crippen LogP contribution in [0.4, 0.5) is 0 Å². The summed E-state index contributed by atoms with van der Waals surface area (Å²) in [6.07, 6.45) is 2.87. The van der Waals surface area contributed by atoms with Crippen LogP contribution >= 0.6 is 11.6 Å². The van der Waals surface area contributed by atoms with E-state index in [0.717, 1.165) is 5.56 Å². The Morgan fingerprint density at radius 3 is 2.40 bits per heavy atom. The monoisotopic (exact) mass is 295 g/mol.